The molecular formula is C25H31N5O3. The Morgan fingerprint density at radius 1 is 1.12 bits per heavy atom. The van der Waals surface area contributed by atoms with Gasteiger partial charge in [0.1, 0.15) is 6.04 Å². The fourth-order valence-electron chi connectivity index (χ4n) is 5.59. The van der Waals surface area contributed by atoms with E-state index in [1.54, 1.807) is 4.90 Å². The Kier molecular flexibility index (Phi) is 6.01. The zero-order chi connectivity index (χ0) is 22.9. The lowest BCUT2D eigenvalue weighted by Gasteiger charge is -2.32. The Hall–Kier alpha value is -3.00. The topological polar surface area (TPSA) is 96.3 Å². The van der Waals surface area contributed by atoms with Crippen molar-refractivity contribution in [2.45, 2.75) is 70.1 Å². The normalized spacial score (nSPS) is 25.3. The number of hydrogen-bond donors (Lipinski definition) is 2. The van der Waals surface area contributed by atoms with Crippen LogP contribution in [0.25, 0.3) is 0 Å². The third-order valence-electron chi connectivity index (χ3n) is 7.46. The van der Waals surface area contributed by atoms with Gasteiger partial charge in [-0.3, -0.25) is 24.4 Å². The summed E-state index contributed by atoms with van der Waals surface area (Å²) in [5, 5.41) is 10.4. The molecule has 1 unspecified atom stereocenters. The van der Waals surface area contributed by atoms with Crippen molar-refractivity contribution in [3.05, 3.63) is 52.8 Å². The third kappa shape index (κ3) is 4.44. The molecule has 1 aliphatic carbocycles. The van der Waals surface area contributed by atoms with Crippen molar-refractivity contribution in [1.82, 2.24) is 25.3 Å². The average Bonchev–Trinajstić information content (AvgIpc) is 3.35. The fraction of sp³-hybridized carbons (Fsp3) is 0.520. The highest BCUT2D eigenvalue weighted by atomic mass is 16.2. The van der Waals surface area contributed by atoms with Crippen LogP contribution in [0.1, 0.15) is 65.7 Å². The molecule has 2 N–H and O–H groups in total. The highest BCUT2D eigenvalue weighted by Crippen LogP contribution is 2.31. The van der Waals surface area contributed by atoms with Crippen molar-refractivity contribution in [3.63, 3.8) is 0 Å². The maximum Gasteiger partial charge on any atom is 0.255 e. The molecule has 2 aliphatic heterocycles. The number of benzene rings is 1. The molecule has 1 saturated carbocycles. The standard InChI is InChI=1S/C25H31N5O3/c1-29-19(10-11-27-29)14-26-21-5-3-2-4-17(21)12-16-6-7-20-18(13-16)15-30(25(20)33)22-8-9-23(31)28-24(22)32/h6-7,10-11,13,17,21-22,26H,2-5,8-9,12,14-15H2,1H3,(H,28,31,32)/t17-,21+,22?/m1/s1. The monoisotopic (exact) mass is 449 g/mol. The van der Waals surface area contributed by atoms with E-state index in [0.717, 1.165) is 18.5 Å². The van der Waals surface area contributed by atoms with Crippen LogP contribution in [-0.2, 0) is 36.1 Å². The first-order chi connectivity index (χ1) is 16.0. The van der Waals surface area contributed by atoms with Crippen molar-refractivity contribution in [3.8, 4) is 0 Å². The zero-order valence-electron chi connectivity index (χ0n) is 19.0. The van der Waals surface area contributed by atoms with Gasteiger partial charge >= 0.3 is 0 Å². The molecule has 2 fully saturated rings. The van der Waals surface area contributed by atoms with Gasteiger partial charge in [-0.1, -0.05) is 25.0 Å². The highest BCUT2D eigenvalue weighted by Gasteiger charge is 2.39. The third-order valence-corrected chi connectivity index (χ3v) is 7.46. The van der Waals surface area contributed by atoms with Crippen LogP contribution >= 0.6 is 0 Å². The smallest absolute Gasteiger partial charge is 0.255 e. The fourth-order valence-corrected chi connectivity index (χ4v) is 5.59. The average molecular weight is 450 g/mol. The summed E-state index contributed by atoms with van der Waals surface area (Å²) < 4.78 is 1.91. The Balaban J connectivity index is 1.26. The van der Waals surface area contributed by atoms with Gasteiger partial charge in [0.25, 0.3) is 5.91 Å². The molecule has 0 spiro atoms. The van der Waals surface area contributed by atoms with E-state index in [1.807, 2.05) is 24.0 Å². The largest absolute Gasteiger partial charge is 0.322 e. The summed E-state index contributed by atoms with van der Waals surface area (Å²) in [6.45, 7) is 1.25. The van der Waals surface area contributed by atoms with Gasteiger partial charge in [-0.05, 0) is 54.9 Å². The van der Waals surface area contributed by atoms with Crippen LogP contribution in [0.5, 0.6) is 0 Å². The molecule has 2 aromatic rings. The van der Waals surface area contributed by atoms with Gasteiger partial charge in [0.15, 0.2) is 0 Å². The SMILES string of the molecule is Cn1nccc1CN[C@H]1CCCC[C@@H]1Cc1ccc2c(c1)CN(C1CCC(=O)NC1=O)C2=O. The first-order valence-corrected chi connectivity index (χ1v) is 12.0. The van der Waals surface area contributed by atoms with Gasteiger partial charge < -0.3 is 10.2 Å². The van der Waals surface area contributed by atoms with E-state index in [1.165, 1.54) is 36.9 Å². The molecule has 3 atom stereocenters. The number of amides is 3. The zero-order valence-corrected chi connectivity index (χ0v) is 19.0. The van der Waals surface area contributed by atoms with Crippen LogP contribution in [0.3, 0.4) is 0 Å². The van der Waals surface area contributed by atoms with Crippen molar-refractivity contribution >= 4 is 17.7 Å². The van der Waals surface area contributed by atoms with Crippen LogP contribution in [0.15, 0.2) is 30.5 Å². The van der Waals surface area contributed by atoms with Crippen molar-refractivity contribution in [2.24, 2.45) is 13.0 Å². The Morgan fingerprint density at radius 2 is 1.97 bits per heavy atom. The Bertz CT molecular complexity index is 1080. The van der Waals surface area contributed by atoms with Gasteiger partial charge in [-0.2, -0.15) is 5.10 Å². The minimum atomic E-state index is -0.565. The second-order valence-electron chi connectivity index (χ2n) is 9.57. The molecule has 174 valence electrons. The minimum Gasteiger partial charge on any atom is -0.322 e. The van der Waals surface area contributed by atoms with Gasteiger partial charge in [-0.15, -0.1) is 0 Å². The van der Waals surface area contributed by atoms with E-state index in [0.29, 0.717) is 30.5 Å². The number of hydrogen-bond acceptors (Lipinski definition) is 5. The summed E-state index contributed by atoms with van der Waals surface area (Å²) in [6, 6.07) is 8.08. The summed E-state index contributed by atoms with van der Waals surface area (Å²) >= 11 is 0. The quantitative estimate of drug-likeness (QED) is 0.659. The predicted molar refractivity (Wildman–Crippen MR) is 122 cm³/mol. The van der Waals surface area contributed by atoms with Crippen LogP contribution in [0.4, 0.5) is 0 Å². The first-order valence-electron chi connectivity index (χ1n) is 12.0. The molecule has 8 heteroatoms. The summed E-state index contributed by atoms with van der Waals surface area (Å²) in [7, 11) is 1.97. The second-order valence-corrected chi connectivity index (χ2v) is 9.57. The summed E-state index contributed by atoms with van der Waals surface area (Å²) in [5.74, 6) is -0.188. The van der Waals surface area contributed by atoms with Gasteiger partial charge in [0.05, 0.1) is 5.69 Å². The Labute approximate surface area is 193 Å². The molecule has 3 heterocycles. The molecular weight excluding hydrogens is 418 g/mol. The molecule has 3 aliphatic rings. The number of aromatic nitrogens is 2. The first kappa shape index (κ1) is 21.8. The summed E-state index contributed by atoms with van der Waals surface area (Å²) in [4.78, 5) is 38.3. The lowest BCUT2D eigenvalue weighted by Crippen LogP contribution is -2.52. The lowest BCUT2D eigenvalue weighted by atomic mass is 9.80. The number of rotatable bonds is 6. The number of aryl methyl sites for hydroxylation is 1. The van der Waals surface area contributed by atoms with Gasteiger partial charge in [0, 0.05) is 44.4 Å². The number of nitrogens with zero attached hydrogens (tertiary/aromatic N) is 3. The molecule has 0 bridgehead atoms. The number of piperidine rings is 1. The van der Waals surface area contributed by atoms with Crippen LogP contribution in [0, 0.1) is 5.92 Å². The van der Waals surface area contributed by atoms with E-state index in [4.69, 9.17) is 0 Å². The summed E-state index contributed by atoms with van der Waals surface area (Å²) in [6.07, 6.45) is 8.35. The van der Waals surface area contributed by atoms with Gasteiger partial charge in [0.2, 0.25) is 11.8 Å². The molecule has 1 aromatic heterocycles. The molecule has 1 aromatic carbocycles. The van der Waals surface area contributed by atoms with E-state index >= 15 is 0 Å². The van der Waals surface area contributed by atoms with Crippen LogP contribution < -0.4 is 10.6 Å². The van der Waals surface area contributed by atoms with Crippen LogP contribution in [-0.4, -0.2) is 44.5 Å². The maximum atomic E-state index is 12.9. The predicted octanol–water partition coefficient (Wildman–Crippen LogP) is 2.07. The molecule has 8 nitrogen and oxygen atoms in total. The lowest BCUT2D eigenvalue weighted by molar-refractivity contribution is -0.136. The molecule has 33 heavy (non-hydrogen) atoms. The van der Waals surface area contributed by atoms with Crippen molar-refractivity contribution < 1.29 is 14.4 Å². The van der Waals surface area contributed by atoms with Crippen molar-refractivity contribution in [1.29, 1.82) is 0 Å². The number of fused-ring (bicyclic) bond motifs is 1. The van der Waals surface area contributed by atoms with E-state index < -0.39 is 6.04 Å². The molecule has 5 rings (SSSR count). The summed E-state index contributed by atoms with van der Waals surface area (Å²) in [5.41, 5.74) is 4.09. The second kappa shape index (κ2) is 9.09. The van der Waals surface area contributed by atoms with E-state index in [2.05, 4.69) is 33.9 Å². The maximum absolute atomic E-state index is 12.9. The van der Waals surface area contributed by atoms with Crippen LogP contribution in [0.2, 0.25) is 0 Å². The minimum absolute atomic E-state index is 0.112. The highest BCUT2D eigenvalue weighted by molar-refractivity contribution is 6.05. The van der Waals surface area contributed by atoms with Crippen molar-refractivity contribution in [2.75, 3.05) is 0 Å². The number of carbonyl (C=O) groups excluding carboxylic acids is 3. The molecule has 1 saturated heterocycles. The van der Waals surface area contributed by atoms with E-state index in [9.17, 15) is 14.4 Å². The number of carbonyl (C=O) groups is 3. The molecule has 3 amide bonds. The number of nitrogens with one attached hydrogen (secondary N) is 2. The van der Waals surface area contributed by atoms with E-state index in [-0.39, 0.29) is 24.1 Å². The Morgan fingerprint density at radius 3 is 2.76 bits per heavy atom. The molecule has 0 radical (unpaired) electrons. The number of imide groups is 1. The van der Waals surface area contributed by atoms with Gasteiger partial charge in [-0.25, -0.2) is 0 Å².